The Kier molecular flexibility index (Phi) is 16.4. The molecule has 1 atom stereocenters. The van der Waals surface area contributed by atoms with Crippen LogP contribution in [0.2, 0.25) is 0 Å². The van der Waals surface area contributed by atoms with E-state index >= 15 is 0 Å². The summed E-state index contributed by atoms with van der Waals surface area (Å²) in [6.45, 7) is 9.36. The minimum absolute atomic E-state index is 0.0422. The second kappa shape index (κ2) is 21.0. The number of anilines is 1. The predicted molar refractivity (Wildman–Crippen MR) is 254 cm³/mol. The Morgan fingerprint density at radius 2 is 1.24 bits per heavy atom. The van der Waals surface area contributed by atoms with Crippen LogP contribution in [0.5, 0.6) is 0 Å². The standard InChI is InChI=1S/C47H56N2O17S4/c1-6-48-37-18-16-33-35(27-31(67(52,53)54)29-39(33)69(58,59)60)44(37)46(2,3)41(48)13-9-7-10-14-42-47(4,20-22-65-25-26-66-24-23-64-5)45-36-28-32(68(55,56)57)30-40(70(61,62)63)34(36)17-19-38(45)49(42)21-12-8-11-15-43(50)51/h7,9-10,13-14,16-19,27-30H,6,8,11-12,15,20-26H2,1-5H3,(H4-,50,51,52,53,54,55,56,57,58,59,60,61,62,63)/p-3. The number of ether oxygens (including phenoxy) is 3. The Morgan fingerprint density at radius 3 is 1.79 bits per heavy atom. The molecular formula is C47H53N2O17S4-3. The zero-order chi connectivity index (χ0) is 51.6. The summed E-state index contributed by atoms with van der Waals surface area (Å²) >= 11 is 0. The van der Waals surface area contributed by atoms with Crippen LogP contribution in [0, 0.1) is 0 Å². The summed E-state index contributed by atoms with van der Waals surface area (Å²) in [4.78, 5) is 9.78. The molecule has 0 bridgehead atoms. The number of hydrogen-bond acceptors (Lipinski definition) is 17. The fourth-order valence-corrected chi connectivity index (χ4v) is 12.1. The van der Waals surface area contributed by atoms with Crippen LogP contribution in [0.15, 0.2) is 104 Å². The first-order valence-corrected chi connectivity index (χ1v) is 27.7. The van der Waals surface area contributed by atoms with Crippen LogP contribution in [-0.2, 0) is 70.3 Å². The molecule has 380 valence electrons. The normalized spacial score (nSPS) is 18.1. The molecule has 2 aliphatic rings. The summed E-state index contributed by atoms with van der Waals surface area (Å²) in [6, 6.07) is 9.33. The van der Waals surface area contributed by atoms with E-state index in [1.54, 1.807) is 49.6 Å². The minimum Gasteiger partial charge on any atom is -0.744 e. The van der Waals surface area contributed by atoms with Crippen molar-refractivity contribution in [2.75, 3.05) is 58.1 Å². The molecule has 4 aromatic carbocycles. The van der Waals surface area contributed by atoms with Crippen molar-refractivity contribution in [1.82, 2.24) is 0 Å². The maximum atomic E-state index is 12.7. The highest BCUT2D eigenvalue weighted by molar-refractivity contribution is 7.87. The van der Waals surface area contributed by atoms with E-state index in [1.807, 2.05) is 37.2 Å². The molecule has 0 amide bonds. The van der Waals surface area contributed by atoms with Crippen molar-refractivity contribution in [2.45, 2.75) is 90.2 Å². The number of fused-ring (bicyclic) bond motifs is 6. The Labute approximate surface area is 407 Å². The monoisotopic (exact) mass is 1050 g/mol. The van der Waals surface area contributed by atoms with E-state index < -0.39 is 76.9 Å². The van der Waals surface area contributed by atoms with Gasteiger partial charge >= 0.3 is 5.97 Å². The largest absolute Gasteiger partial charge is 0.744 e. The first-order valence-electron chi connectivity index (χ1n) is 22.1. The smallest absolute Gasteiger partial charge is 0.303 e. The molecule has 0 aromatic heterocycles. The summed E-state index contributed by atoms with van der Waals surface area (Å²) in [5, 5.41) is 9.29. The number of aliphatic carboxylic acids is 1. The van der Waals surface area contributed by atoms with E-state index in [0.717, 1.165) is 12.1 Å². The maximum Gasteiger partial charge on any atom is 0.303 e. The molecule has 6 rings (SSSR count). The van der Waals surface area contributed by atoms with Gasteiger partial charge in [-0.3, -0.25) is 4.79 Å². The van der Waals surface area contributed by atoms with Crippen LogP contribution in [0.3, 0.4) is 0 Å². The Bertz CT molecular complexity index is 3310. The third-order valence-electron chi connectivity index (χ3n) is 12.6. The second-order valence-electron chi connectivity index (χ2n) is 17.5. The number of methoxy groups -OCH3 is 1. The van der Waals surface area contributed by atoms with Crippen molar-refractivity contribution < 1.29 is 80.6 Å². The number of hydrogen-bond donors (Lipinski definition) is 1. The van der Waals surface area contributed by atoms with Crippen LogP contribution >= 0.6 is 0 Å². The Balaban J connectivity index is 1.47. The third kappa shape index (κ3) is 11.4. The zero-order valence-electron chi connectivity index (χ0n) is 39.0. The van der Waals surface area contributed by atoms with E-state index in [2.05, 4.69) is 0 Å². The van der Waals surface area contributed by atoms with E-state index in [4.69, 9.17) is 14.2 Å². The lowest BCUT2D eigenvalue weighted by Gasteiger charge is -2.31. The number of carboxylic acid groups (broad SMARTS) is 1. The van der Waals surface area contributed by atoms with Gasteiger partial charge in [-0.1, -0.05) is 30.7 Å². The molecule has 0 fully saturated rings. The van der Waals surface area contributed by atoms with E-state index in [1.165, 1.54) is 12.1 Å². The molecule has 1 unspecified atom stereocenters. The second-order valence-corrected chi connectivity index (χ2v) is 22.9. The fraction of sp³-hybridized carbons (Fsp3) is 0.404. The van der Waals surface area contributed by atoms with Crippen LogP contribution in [0.4, 0.5) is 11.4 Å². The van der Waals surface area contributed by atoms with Gasteiger partial charge in [-0.2, -0.15) is 4.58 Å². The molecule has 2 heterocycles. The molecule has 2 aliphatic heterocycles. The molecular weight excluding hydrogens is 993 g/mol. The number of unbranched alkanes of at least 4 members (excludes halogenated alkanes) is 2. The van der Waals surface area contributed by atoms with Crippen molar-refractivity contribution in [1.29, 1.82) is 0 Å². The molecule has 0 radical (unpaired) electrons. The van der Waals surface area contributed by atoms with Gasteiger partial charge in [-0.15, -0.1) is 0 Å². The topological polar surface area (TPSA) is 300 Å². The Morgan fingerprint density at radius 1 is 0.686 bits per heavy atom. The van der Waals surface area contributed by atoms with Gasteiger partial charge < -0.3 is 42.4 Å². The number of rotatable bonds is 23. The van der Waals surface area contributed by atoms with Crippen LogP contribution in [-0.4, -0.2) is 126 Å². The summed E-state index contributed by atoms with van der Waals surface area (Å²) in [5.41, 5.74) is 1.29. The summed E-state index contributed by atoms with van der Waals surface area (Å²) in [7, 11) is -19.5. The number of benzene rings is 4. The average molecular weight is 1050 g/mol. The van der Waals surface area contributed by atoms with Gasteiger partial charge in [-0.05, 0) is 111 Å². The highest BCUT2D eigenvalue weighted by atomic mass is 32.2. The first kappa shape index (κ1) is 54.4. The lowest BCUT2D eigenvalue weighted by atomic mass is 9.76. The van der Waals surface area contributed by atoms with Gasteiger partial charge in [0.1, 0.15) is 47.0 Å². The molecule has 1 N–H and O–H groups in total. The molecule has 0 saturated heterocycles. The third-order valence-corrected chi connectivity index (χ3v) is 16.0. The SMILES string of the molecule is CC[N+]1=C(/C=C/C=C/C=C2/N(CCCCCC(=O)O)c3ccc4c(S(=O)(=O)[O-])cc(S(=O)(=O)[O-])cc4c3C2(C)CCOCCOCCOC)C(C)(C)c2c1ccc1c(S(=O)(=O)[O-])cc(S(=O)(=O)[O-])cc21. The maximum absolute atomic E-state index is 12.7. The van der Waals surface area contributed by atoms with Gasteiger partial charge in [0, 0.05) is 66.6 Å². The predicted octanol–water partition coefficient (Wildman–Crippen LogP) is 5.49. The molecule has 4 aromatic rings. The number of carboxylic acids is 1. The quantitative estimate of drug-likeness (QED) is 0.0415. The van der Waals surface area contributed by atoms with Crippen molar-refractivity contribution in [3.05, 3.63) is 95.7 Å². The Hall–Kier alpha value is -4.92. The van der Waals surface area contributed by atoms with E-state index in [-0.39, 0.29) is 54.2 Å². The van der Waals surface area contributed by atoms with Crippen molar-refractivity contribution in [3.63, 3.8) is 0 Å². The highest BCUT2D eigenvalue weighted by Gasteiger charge is 2.46. The number of carbonyl (C=O) groups is 1. The van der Waals surface area contributed by atoms with Gasteiger partial charge in [0.2, 0.25) is 5.69 Å². The zero-order valence-corrected chi connectivity index (χ0v) is 42.3. The van der Waals surface area contributed by atoms with Gasteiger partial charge in [0.25, 0.3) is 0 Å². The lowest BCUT2D eigenvalue weighted by molar-refractivity contribution is -0.433. The minimum atomic E-state index is -5.32. The molecule has 0 spiro atoms. The number of allylic oxidation sites excluding steroid dienone is 6. The molecule has 23 heteroatoms. The molecule has 19 nitrogen and oxygen atoms in total. The van der Waals surface area contributed by atoms with Crippen molar-refractivity contribution in [2.24, 2.45) is 0 Å². The van der Waals surface area contributed by atoms with Gasteiger partial charge in [0.15, 0.2) is 5.71 Å². The van der Waals surface area contributed by atoms with Crippen LogP contribution in [0.1, 0.15) is 70.9 Å². The fourth-order valence-electron chi connectivity index (χ4n) is 9.50. The lowest BCUT2D eigenvalue weighted by Crippen LogP contribution is -2.30. The van der Waals surface area contributed by atoms with E-state index in [0.29, 0.717) is 91.6 Å². The molecule has 0 saturated carbocycles. The van der Waals surface area contributed by atoms with Gasteiger partial charge in [0.05, 0.1) is 51.4 Å². The van der Waals surface area contributed by atoms with Crippen LogP contribution < -0.4 is 4.90 Å². The van der Waals surface area contributed by atoms with Gasteiger partial charge in [-0.25, -0.2) is 33.7 Å². The first-order chi connectivity index (χ1) is 32.7. The van der Waals surface area contributed by atoms with Crippen molar-refractivity contribution >= 4 is 85.1 Å². The summed E-state index contributed by atoms with van der Waals surface area (Å²) < 4.78 is 168. The average Bonchev–Trinajstić information content (AvgIpc) is 3.64. The molecule has 0 aliphatic carbocycles. The van der Waals surface area contributed by atoms with Crippen LogP contribution in [0.25, 0.3) is 21.5 Å². The summed E-state index contributed by atoms with van der Waals surface area (Å²) in [5.74, 6) is -0.951. The number of nitrogens with zero attached hydrogens (tertiary/aromatic N) is 2. The van der Waals surface area contributed by atoms with E-state index in [9.17, 15) is 61.8 Å². The highest BCUT2D eigenvalue weighted by Crippen LogP contribution is 2.54. The summed E-state index contributed by atoms with van der Waals surface area (Å²) in [6.07, 6.45) is 10.3. The van der Waals surface area contributed by atoms with Crippen molar-refractivity contribution in [3.8, 4) is 0 Å². The molecule has 70 heavy (non-hydrogen) atoms.